The molecular weight excluding hydrogens is 758 g/mol. The maximum Gasteiger partial charge on any atom is 0.328 e. The lowest BCUT2D eigenvalue weighted by atomic mass is 9.99. The molecule has 1 aliphatic heterocycles. The Balaban J connectivity index is 3.31. The molecule has 1 rings (SSSR count). The Morgan fingerprint density at radius 1 is 0.632 bits per heavy atom. The molecule has 6 amide bonds. The largest absolute Gasteiger partial charge is 0.481 e. The Bertz CT molecular complexity index is 1490. The Morgan fingerprint density at radius 2 is 1.11 bits per heavy atom. The number of hydrogen-bond donors (Lipinski definition) is 11. The monoisotopic (exact) mass is 815 g/mol. The number of amides is 6. The molecule has 1 saturated heterocycles. The summed E-state index contributed by atoms with van der Waals surface area (Å²) in [6.07, 6.45) is -3.95. The summed E-state index contributed by atoms with van der Waals surface area (Å²) in [6, 6.07) is -10.3. The number of aliphatic hydroxyl groups excluding tert-OH is 1. The van der Waals surface area contributed by atoms with Crippen LogP contribution in [-0.4, -0.2) is 145 Å². The van der Waals surface area contributed by atoms with E-state index >= 15 is 0 Å². The van der Waals surface area contributed by atoms with Crippen LogP contribution >= 0.6 is 0 Å². The minimum Gasteiger partial charge on any atom is -0.481 e. The summed E-state index contributed by atoms with van der Waals surface area (Å²) in [4.78, 5) is 127. The van der Waals surface area contributed by atoms with Crippen LogP contribution in [0, 0.1) is 11.8 Å². The fourth-order valence-corrected chi connectivity index (χ4v) is 5.96. The van der Waals surface area contributed by atoms with Crippen molar-refractivity contribution in [2.75, 3.05) is 6.54 Å². The topological polar surface area (TPSA) is 361 Å². The third-order valence-corrected chi connectivity index (χ3v) is 8.84. The zero-order chi connectivity index (χ0) is 43.7. The highest BCUT2D eigenvalue weighted by Crippen LogP contribution is 2.21. The first kappa shape index (κ1) is 49.6. The molecule has 1 heterocycles. The van der Waals surface area contributed by atoms with Gasteiger partial charge in [0.2, 0.25) is 35.4 Å². The van der Waals surface area contributed by atoms with Gasteiger partial charge in [-0.25, -0.2) is 4.79 Å². The van der Waals surface area contributed by atoms with Gasteiger partial charge in [-0.05, 0) is 57.3 Å². The van der Waals surface area contributed by atoms with Gasteiger partial charge in [-0.3, -0.25) is 43.2 Å². The van der Waals surface area contributed by atoms with Crippen LogP contribution in [0.25, 0.3) is 0 Å². The highest BCUT2D eigenvalue weighted by atomic mass is 16.4. The van der Waals surface area contributed by atoms with E-state index in [1.807, 2.05) is 0 Å². The molecule has 0 aromatic heterocycles. The van der Waals surface area contributed by atoms with Crippen molar-refractivity contribution in [1.29, 1.82) is 0 Å². The second-order valence-electron chi connectivity index (χ2n) is 14.8. The predicted molar refractivity (Wildman–Crippen MR) is 197 cm³/mol. The zero-order valence-corrected chi connectivity index (χ0v) is 32.7. The summed E-state index contributed by atoms with van der Waals surface area (Å²) in [7, 11) is 0. The number of aliphatic hydroxyl groups is 1. The van der Waals surface area contributed by atoms with Crippen LogP contribution in [0.2, 0.25) is 0 Å². The van der Waals surface area contributed by atoms with E-state index in [2.05, 4.69) is 26.6 Å². The fourth-order valence-electron chi connectivity index (χ4n) is 5.96. The molecule has 0 aromatic carbocycles. The maximum atomic E-state index is 13.9. The van der Waals surface area contributed by atoms with Crippen molar-refractivity contribution < 1.29 is 73.5 Å². The van der Waals surface area contributed by atoms with Gasteiger partial charge >= 0.3 is 23.9 Å². The van der Waals surface area contributed by atoms with Crippen LogP contribution in [-0.2, 0) is 47.9 Å². The molecule has 22 nitrogen and oxygen atoms in total. The second-order valence-corrected chi connectivity index (χ2v) is 14.8. The van der Waals surface area contributed by atoms with E-state index in [0.29, 0.717) is 0 Å². The average Bonchev–Trinajstić information content (AvgIpc) is 3.59. The smallest absolute Gasteiger partial charge is 0.328 e. The van der Waals surface area contributed by atoms with Gasteiger partial charge in [0.1, 0.15) is 30.2 Å². The van der Waals surface area contributed by atoms with Gasteiger partial charge in [0.25, 0.3) is 0 Å². The molecule has 0 aliphatic carbocycles. The van der Waals surface area contributed by atoms with Gasteiger partial charge in [-0.1, -0.05) is 27.7 Å². The van der Waals surface area contributed by atoms with Gasteiger partial charge in [0.15, 0.2) is 6.04 Å². The number of nitrogens with zero attached hydrogens (tertiary/aromatic N) is 1. The van der Waals surface area contributed by atoms with E-state index in [4.69, 9.17) is 10.8 Å². The van der Waals surface area contributed by atoms with Gasteiger partial charge in [0.05, 0.1) is 18.6 Å². The summed E-state index contributed by atoms with van der Waals surface area (Å²) in [5.41, 5.74) is 5.68. The highest BCUT2D eigenvalue weighted by molar-refractivity contribution is 5.98. The molecule has 12 N–H and O–H groups in total. The molecule has 1 aliphatic rings. The number of rotatable bonds is 25. The number of likely N-dealkylation sites (tertiary alicyclic amines) is 1. The summed E-state index contributed by atoms with van der Waals surface area (Å²) >= 11 is 0. The standard InChI is InChI=1S/C35H57N7O15/c1-16(2)13-21(30(51)39-22(14-17(3)4)32(53)41-28(18(5)43)35(56)57)40-33(54)24-7-6-12-42(24)34(55)20(9-11-26(46)47)37-31(52)23(15-27(48)49)38-29(50)19(36)8-10-25(44)45/h16-24,28,43H,6-15,36H2,1-5H3,(H,37,52)(H,38,50)(H,39,51)(H,40,54)(H,41,53)(H,44,45)(H,46,47)(H,48,49)(H,56,57)/t18-,19+,20+,21+,22+,23+,24+,28+/m1/s1. The van der Waals surface area contributed by atoms with Crippen LogP contribution < -0.4 is 32.3 Å². The SMILES string of the molecule is CC(C)C[C@H](NC(=O)[C@H](CC(C)C)NC(=O)[C@@H]1CCCN1C(=O)[C@H](CCC(=O)O)NC(=O)[C@H](CC(=O)O)NC(=O)[C@@H](N)CCC(=O)O)C(=O)N[C@H](C(=O)O)[C@@H](C)O. The average molecular weight is 816 g/mol. The van der Waals surface area contributed by atoms with Crippen LogP contribution in [0.3, 0.4) is 0 Å². The third-order valence-electron chi connectivity index (χ3n) is 8.84. The van der Waals surface area contributed by atoms with Gasteiger partial charge in [0, 0.05) is 19.4 Å². The van der Waals surface area contributed by atoms with Crippen LogP contribution in [0.15, 0.2) is 0 Å². The Kier molecular flexibility index (Phi) is 20.6. The highest BCUT2D eigenvalue weighted by Gasteiger charge is 2.40. The Hall–Kier alpha value is -5.38. The van der Waals surface area contributed by atoms with Crippen molar-refractivity contribution in [3.05, 3.63) is 0 Å². The quantitative estimate of drug-likeness (QED) is 0.0453. The normalized spacial score (nSPS) is 17.6. The van der Waals surface area contributed by atoms with Crippen LogP contribution in [0.1, 0.15) is 92.4 Å². The lowest BCUT2D eigenvalue weighted by Gasteiger charge is -2.31. The Labute approximate surface area is 329 Å². The number of carboxylic acid groups (broad SMARTS) is 4. The molecule has 0 spiro atoms. The van der Waals surface area contributed by atoms with Crippen molar-refractivity contribution in [3.8, 4) is 0 Å². The fraction of sp³-hybridized carbons (Fsp3) is 0.714. The number of carbonyl (C=O) groups is 10. The molecular formula is C35H57N7O15. The van der Waals surface area contributed by atoms with Gasteiger partial charge in [-0.2, -0.15) is 0 Å². The first-order valence-electron chi connectivity index (χ1n) is 18.6. The molecule has 0 saturated carbocycles. The van der Waals surface area contributed by atoms with Crippen molar-refractivity contribution >= 4 is 59.3 Å². The third kappa shape index (κ3) is 17.5. The Morgan fingerprint density at radius 3 is 1.60 bits per heavy atom. The summed E-state index contributed by atoms with van der Waals surface area (Å²) < 4.78 is 0. The van der Waals surface area contributed by atoms with Crippen LogP contribution in [0.5, 0.6) is 0 Å². The number of nitrogens with one attached hydrogen (secondary N) is 5. The number of carbonyl (C=O) groups excluding carboxylic acids is 6. The molecule has 0 unspecified atom stereocenters. The summed E-state index contributed by atoms with van der Waals surface area (Å²) in [6.45, 7) is 8.17. The van der Waals surface area contributed by atoms with Crippen molar-refractivity contribution in [3.63, 3.8) is 0 Å². The number of carboxylic acids is 4. The zero-order valence-electron chi connectivity index (χ0n) is 32.7. The number of nitrogens with two attached hydrogens (primary N) is 1. The van der Waals surface area contributed by atoms with E-state index in [9.17, 15) is 68.4 Å². The second kappa shape index (κ2) is 23.6. The molecule has 0 bridgehead atoms. The molecule has 22 heteroatoms. The lowest BCUT2D eigenvalue weighted by Crippen LogP contribution is -2.60. The molecule has 0 radical (unpaired) electrons. The van der Waals surface area contributed by atoms with Gasteiger partial charge < -0.3 is 62.8 Å². The minimum absolute atomic E-state index is 0.0320. The van der Waals surface area contributed by atoms with E-state index in [1.165, 1.54) is 6.92 Å². The van der Waals surface area contributed by atoms with E-state index < -0.39 is 133 Å². The molecule has 0 aromatic rings. The van der Waals surface area contributed by atoms with E-state index in [0.717, 1.165) is 4.90 Å². The first-order valence-corrected chi connectivity index (χ1v) is 18.6. The molecule has 1 fully saturated rings. The predicted octanol–water partition coefficient (Wildman–Crippen LogP) is -2.51. The molecule has 57 heavy (non-hydrogen) atoms. The van der Waals surface area contributed by atoms with Gasteiger partial charge in [-0.15, -0.1) is 0 Å². The first-order chi connectivity index (χ1) is 26.4. The summed E-state index contributed by atoms with van der Waals surface area (Å²) in [5.74, 6) is -11.6. The van der Waals surface area contributed by atoms with Crippen molar-refractivity contribution in [1.82, 2.24) is 31.5 Å². The van der Waals surface area contributed by atoms with E-state index in [-0.39, 0.29) is 50.5 Å². The number of aliphatic carboxylic acids is 4. The van der Waals surface area contributed by atoms with Crippen molar-refractivity contribution in [2.24, 2.45) is 17.6 Å². The lowest BCUT2D eigenvalue weighted by molar-refractivity contribution is -0.145. The van der Waals surface area contributed by atoms with Crippen molar-refractivity contribution in [2.45, 2.75) is 141 Å². The van der Waals surface area contributed by atoms with E-state index in [1.54, 1.807) is 27.7 Å². The maximum absolute atomic E-state index is 13.9. The number of hydrogen-bond acceptors (Lipinski definition) is 12. The summed E-state index contributed by atoms with van der Waals surface area (Å²) in [5, 5.41) is 58.6. The minimum atomic E-state index is -1.82. The van der Waals surface area contributed by atoms with Crippen LogP contribution in [0.4, 0.5) is 0 Å². The molecule has 322 valence electrons. The molecule has 8 atom stereocenters.